The molecule has 1 heterocycles. The maximum absolute atomic E-state index is 13.8. The molecule has 1 aliphatic rings. The molecule has 0 bridgehead atoms. The van der Waals surface area contributed by atoms with Gasteiger partial charge in [0, 0.05) is 28.8 Å². The highest BCUT2D eigenvalue weighted by molar-refractivity contribution is 6.33. The van der Waals surface area contributed by atoms with Crippen molar-refractivity contribution in [2.24, 2.45) is 5.73 Å². The topological polar surface area (TPSA) is 47.3 Å². The van der Waals surface area contributed by atoms with E-state index in [1.165, 1.54) is 12.1 Å². The first-order chi connectivity index (χ1) is 9.69. The quantitative estimate of drug-likeness (QED) is 0.893. The Morgan fingerprint density at radius 1 is 1.30 bits per heavy atom. The lowest BCUT2D eigenvalue weighted by molar-refractivity contribution is 0.215. The number of rotatable bonds is 2. The molecule has 0 unspecified atom stereocenters. The molecule has 0 spiro atoms. The summed E-state index contributed by atoms with van der Waals surface area (Å²) >= 11 is 6.20. The van der Waals surface area contributed by atoms with E-state index in [1.54, 1.807) is 6.07 Å². The summed E-state index contributed by atoms with van der Waals surface area (Å²) in [5.41, 5.74) is 7.65. The molecule has 2 aromatic carbocycles. The number of anilines is 1. The highest BCUT2D eigenvalue weighted by Gasteiger charge is 2.23. The number of hydrogen-bond acceptors (Lipinski definition) is 3. The number of nitrogens with two attached hydrogens (primary N) is 1. The second-order valence-corrected chi connectivity index (χ2v) is 5.07. The van der Waals surface area contributed by atoms with E-state index < -0.39 is 0 Å². The van der Waals surface area contributed by atoms with Crippen LogP contribution in [-0.2, 0) is 0 Å². The molecule has 0 radical (unpaired) electrons. The summed E-state index contributed by atoms with van der Waals surface area (Å²) in [4.78, 5) is 0. The predicted octanol–water partition coefficient (Wildman–Crippen LogP) is 3.28. The van der Waals surface area contributed by atoms with Gasteiger partial charge in [-0.1, -0.05) is 29.8 Å². The summed E-state index contributed by atoms with van der Waals surface area (Å²) in [6.07, 6.45) is -0.130. The molecule has 0 fully saturated rings. The number of benzene rings is 2. The lowest BCUT2D eigenvalue weighted by Crippen LogP contribution is -2.37. The zero-order valence-electron chi connectivity index (χ0n) is 10.7. The minimum atomic E-state index is -0.332. The van der Waals surface area contributed by atoms with E-state index in [0.717, 1.165) is 5.56 Å². The normalized spacial score (nSPS) is 17.1. The van der Waals surface area contributed by atoms with Gasteiger partial charge in [0.25, 0.3) is 0 Å². The Labute approximate surface area is 121 Å². The van der Waals surface area contributed by atoms with Crippen molar-refractivity contribution in [1.82, 2.24) is 0 Å². The molecule has 0 saturated heterocycles. The third kappa shape index (κ3) is 2.32. The van der Waals surface area contributed by atoms with Crippen molar-refractivity contribution in [1.29, 1.82) is 0 Å². The number of ether oxygens (including phenoxy) is 1. The van der Waals surface area contributed by atoms with Crippen LogP contribution in [0.25, 0.3) is 11.1 Å². The highest BCUT2D eigenvalue weighted by Crippen LogP contribution is 2.42. The average molecular weight is 293 g/mol. The van der Waals surface area contributed by atoms with Gasteiger partial charge in [-0.25, -0.2) is 4.39 Å². The van der Waals surface area contributed by atoms with Crippen molar-refractivity contribution in [3.05, 3.63) is 47.2 Å². The van der Waals surface area contributed by atoms with Gasteiger partial charge in [-0.2, -0.15) is 0 Å². The van der Waals surface area contributed by atoms with Crippen molar-refractivity contribution in [2.45, 2.75) is 6.10 Å². The van der Waals surface area contributed by atoms with Gasteiger partial charge in [0.05, 0.1) is 12.2 Å². The summed E-state index contributed by atoms with van der Waals surface area (Å²) in [7, 11) is 0. The van der Waals surface area contributed by atoms with E-state index in [2.05, 4.69) is 5.32 Å². The van der Waals surface area contributed by atoms with Gasteiger partial charge < -0.3 is 15.8 Å². The largest absolute Gasteiger partial charge is 0.484 e. The lowest BCUT2D eigenvalue weighted by atomic mass is 10.0. The average Bonchev–Trinajstić information content (AvgIpc) is 2.46. The third-order valence-electron chi connectivity index (χ3n) is 3.29. The molecular weight excluding hydrogens is 279 g/mol. The molecule has 0 saturated carbocycles. The Bertz CT molecular complexity index is 648. The molecule has 3 nitrogen and oxygen atoms in total. The van der Waals surface area contributed by atoms with Crippen molar-refractivity contribution in [3.8, 4) is 16.9 Å². The Balaban J connectivity index is 2.16. The minimum Gasteiger partial charge on any atom is -0.484 e. The van der Waals surface area contributed by atoms with E-state index >= 15 is 0 Å². The molecule has 0 amide bonds. The first-order valence-corrected chi connectivity index (χ1v) is 6.76. The van der Waals surface area contributed by atoms with Crippen LogP contribution < -0.4 is 15.8 Å². The number of nitrogens with one attached hydrogen (secondary N) is 1. The fourth-order valence-corrected chi connectivity index (χ4v) is 2.53. The first-order valence-electron chi connectivity index (χ1n) is 6.38. The Hall–Kier alpha value is -1.78. The number of halogens is 2. The van der Waals surface area contributed by atoms with Crippen LogP contribution in [0, 0.1) is 5.82 Å². The van der Waals surface area contributed by atoms with Crippen molar-refractivity contribution in [3.63, 3.8) is 0 Å². The van der Waals surface area contributed by atoms with E-state index in [1.807, 2.05) is 18.2 Å². The molecule has 1 aliphatic heterocycles. The van der Waals surface area contributed by atoms with Gasteiger partial charge in [0.1, 0.15) is 11.9 Å². The lowest BCUT2D eigenvalue weighted by Gasteiger charge is -2.28. The van der Waals surface area contributed by atoms with Gasteiger partial charge in [-0.15, -0.1) is 0 Å². The molecule has 3 N–H and O–H groups in total. The van der Waals surface area contributed by atoms with Gasteiger partial charge in [-0.3, -0.25) is 0 Å². The Morgan fingerprint density at radius 2 is 2.10 bits per heavy atom. The number of fused-ring (bicyclic) bond motifs is 1. The van der Waals surface area contributed by atoms with Gasteiger partial charge in [0.15, 0.2) is 5.75 Å². The summed E-state index contributed by atoms with van der Waals surface area (Å²) in [5, 5.41) is 3.70. The summed E-state index contributed by atoms with van der Waals surface area (Å²) in [6.45, 7) is 0.959. The Kier molecular flexibility index (Phi) is 3.51. The van der Waals surface area contributed by atoms with Crippen LogP contribution in [0.2, 0.25) is 5.02 Å². The van der Waals surface area contributed by atoms with E-state index in [9.17, 15) is 4.39 Å². The zero-order valence-corrected chi connectivity index (χ0v) is 11.5. The monoisotopic (exact) mass is 292 g/mol. The fourth-order valence-electron chi connectivity index (χ4n) is 2.30. The second-order valence-electron chi connectivity index (χ2n) is 4.67. The van der Waals surface area contributed by atoms with Crippen LogP contribution in [0.4, 0.5) is 10.1 Å². The van der Waals surface area contributed by atoms with Gasteiger partial charge in [0.2, 0.25) is 0 Å². The van der Waals surface area contributed by atoms with Crippen LogP contribution in [0.1, 0.15) is 0 Å². The van der Waals surface area contributed by atoms with Gasteiger partial charge in [-0.05, 0) is 12.1 Å². The third-order valence-corrected chi connectivity index (χ3v) is 3.61. The van der Waals surface area contributed by atoms with Crippen molar-refractivity contribution < 1.29 is 9.13 Å². The molecule has 2 aromatic rings. The molecule has 104 valence electrons. The summed E-state index contributed by atoms with van der Waals surface area (Å²) < 4.78 is 19.7. The molecule has 0 aromatic heterocycles. The molecule has 5 heteroatoms. The van der Waals surface area contributed by atoms with Crippen LogP contribution in [0.5, 0.6) is 5.75 Å². The van der Waals surface area contributed by atoms with E-state index in [-0.39, 0.29) is 11.9 Å². The Morgan fingerprint density at radius 3 is 2.85 bits per heavy atom. The van der Waals surface area contributed by atoms with Crippen molar-refractivity contribution >= 4 is 17.3 Å². The fraction of sp³-hybridized carbons (Fsp3) is 0.200. The maximum atomic E-state index is 13.8. The van der Waals surface area contributed by atoms with E-state index in [0.29, 0.717) is 35.1 Å². The van der Waals surface area contributed by atoms with E-state index in [4.69, 9.17) is 22.1 Å². The van der Waals surface area contributed by atoms with Crippen LogP contribution in [0.3, 0.4) is 0 Å². The first kappa shape index (κ1) is 13.2. The summed E-state index contributed by atoms with van der Waals surface area (Å²) in [5.74, 6) is 0.266. The molecule has 20 heavy (non-hydrogen) atoms. The standard InChI is InChI=1S/C15H14ClFN2O/c16-13-4-2-1-3-11(13)12-5-9(17)6-14-15(12)20-10(7-18)8-19-14/h1-6,10,19H,7-8,18H2/t10-/m0/s1. The SMILES string of the molecule is NC[C@H]1CNc2cc(F)cc(-c3ccccc3Cl)c2O1. The highest BCUT2D eigenvalue weighted by atomic mass is 35.5. The van der Waals surface area contributed by atoms with Crippen LogP contribution in [-0.4, -0.2) is 19.2 Å². The molecule has 0 aliphatic carbocycles. The van der Waals surface area contributed by atoms with Crippen LogP contribution in [0.15, 0.2) is 36.4 Å². The molecule has 3 rings (SSSR count). The summed E-state index contributed by atoms with van der Waals surface area (Å²) in [6, 6.07) is 10.1. The maximum Gasteiger partial charge on any atom is 0.151 e. The predicted molar refractivity (Wildman–Crippen MR) is 78.8 cm³/mol. The molecular formula is C15H14ClFN2O. The zero-order chi connectivity index (χ0) is 14.1. The minimum absolute atomic E-state index is 0.130. The smallest absolute Gasteiger partial charge is 0.151 e. The van der Waals surface area contributed by atoms with Crippen molar-refractivity contribution in [2.75, 3.05) is 18.4 Å². The number of hydrogen-bond donors (Lipinski definition) is 2. The van der Waals surface area contributed by atoms with Crippen LogP contribution >= 0.6 is 11.6 Å². The second kappa shape index (κ2) is 5.31. The van der Waals surface area contributed by atoms with Gasteiger partial charge >= 0.3 is 0 Å². The molecule has 1 atom stereocenters.